The molecule has 0 radical (unpaired) electrons. The van der Waals surface area contributed by atoms with Crippen LogP contribution in [0.1, 0.15) is 155 Å². The summed E-state index contributed by atoms with van der Waals surface area (Å²) in [4.78, 5) is 0. The van der Waals surface area contributed by atoms with Crippen molar-refractivity contribution < 1.29 is 0 Å². The van der Waals surface area contributed by atoms with E-state index in [0.29, 0.717) is 10.9 Å². The first-order valence-electron chi connectivity index (χ1n) is 13.4. The number of hydrogen-bond acceptors (Lipinski definition) is 0. The second-order valence-corrected chi connectivity index (χ2v) is 11.6. The van der Waals surface area contributed by atoms with Crippen molar-refractivity contribution in [3.63, 3.8) is 0 Å². The Bertz CT molecular complexity index is 263. The molecular formula is C27H57S+. The van der Waals surface area contributed by atoms with E-state index in [4.69, 9.17) is 0 Å². The van der Waals surface area contributed by atoms with Gasteiger partial charge in [0.15, 0.2) is 0 Å². The topological polar surface area (TPSA) is 0 Å². The summed E-state index contributed by atoms with van der Waals surface area (Å²) in [6, 6.07) is 0. The third kappa shape index (κ3) is 24.4. The second-order valence-electron chi connectivity index (χ2n) is 9.26. The molecule has 0 N–H and O–H groups in total. The number of hydrogen-bond donors (Lipinski definition) is 0. The molecule has 1 unspecified atom stereocenters. The van der Waals surface area contributed by atoms with Crippen LogP contribution in [0.15, 0.2) is 0 Å². The Morgan fingerprint density at radius 2 is 0.536 bits per heavy atom. The lowest BCUT2D eigenvalue weighted by Crippen LogP contribution is -2.10. The molecule has 0 amide bonds. The molecule has 0 bridgehead atoms. The quantitative estimate of drug-likeness (QED) is 0.109. The van der Waals surface area contributed by atoms with Crippen molar-refractivity contribution in [3.8, 4) is 0 Å². The van der Waals surface area contributed by atoms with E-state index >= 15 is 0 Å². The van der Waals surface area contributed by atoms with E-state index in [9.17, 15) is 0 Å². The third-order valence-corrected chi connectivity index (χ3v) is 8.16. The molecule has 0 fully saturated rings. The molecule has 1 heteroatoms. The van der Waals surface area contributed by atoms with Gasteiger partial charge in [-0.05, 0) is 36.6 Å². The van der Waals surface area contributed by atoms with Gasteiger partial charge in [0.2, 0.25) is 0 Å². The van der Waals surface area contributed by atoms with Gasteiger partial charge in [-0.15, -0.1) is 0 Å². The minimum absolute atomic E-state index is 0.705. The smallest absolute Gasteiger partial charge is 0.0654 e. The monoisotopic (exact) mass is 413 g/mol. The van der Waals surface area contributed by atoms with Gasteiger partial charge < -0.3 is 0 Å². The molecule has 0 aromatic carbocycles. The maximum Gasteiger partial charge on any atom is 0.107 e. The SMILES string of the molecule is CCCCCCCCCCCCCCCCCC[S+](C)CCCCCCCC. The molecular weight excluding hydrogens is 356 g/mol. The van der Waals surface area contributed by atoms with Gasteiger partial charge >= 0.3 is 0 Å². The summed E-state index contributed by atoms with van der Waals surface area (Å²) in [6.07, 6.45) is 34.9. The van der Waals surface area contributed by atoms with E-state index in [-0.39, 0.29) is 0 Å². The summed E-state index contributed by atoms with van der Waals surface area (Å²) in [5.74, 6) is 3.01. The summed E-state index contributed by atoms with van der Waals surface area (Å²) >= 11 is 0. The Morgan fingerprint density at radius 1 is 0.321 bits per heavy atom. The van der Waals surface area contributed by atoms with Crippen LogP contribution in [0.5, 0.6) is 0 Å². The molecule has 0 saturated carbocycles. The Hall–Kier alpha value is 0.350. The minimum Gasteiger partial charge on any atom is -0.0654 e. The molecule has 0 aliphatic carbocycles. The van der Waals surface area contributed by atoms with Gasteiger partial charge in [-0.3, -0.25) is 0 Å². The summed E-state index contributed by atoms with van der Waals surface area (Å²) in [5, 5.41) is 0. The zero-order valence-corrected chi connectivity index (χ0v) is 21.2. The second kappa shape index (κ2) is 25.4. The molecule has 0 aliphatic rings. The summed E-state index contributed by atoms with van der Waals surface area (Å²) in [5.41, 5.74) is 0. The Kier molecular flexibility index (Phi) is 25.7. The fraction of sp³-hybridized carbons (Fsp3) is 1.00. The lowest BCUT2D eigenvalue weighted by Gasteiger charge is -2.05. The van der Waals surface area contributed by atoms with Crippen molar-refractivity contribution in [1.29, 1.82) is 0 Å². The first kappa shape index (κ1) is 28.4. The third-order valence-electron chi connectivity index (χ3n) is 6.19. The normalized spacial score (nSPS) is 12.5. The Labute approximate surface area is 183 Å². The molecule has 0 aliphatic heterocycles. The van der Waals surface area contributed by atoms with Gasteiger partial charge in [-0.25, -0.2) is 0 Å². The standard InChI is InChI=1S/C27H57S/c1-4-6-8-10-12-13-14-15-16-17-18-19-20-21-23-25-27-28(3)26-24-22-11-9-7-5-2/h4-27H2,1-3H3/q+1. The first-order valence-corrected chi connectivity index (χ1v) is 15.4. The van der Waals surface area contributed by atoms with Gasteiger partial charge in [-0.2, -0.15) is 0 Å². The predicted octanol–water partition coefficient (Wildman–Crippen LogP) is 9.86. The van der Waals surface area contributed by atoms with Crippen LogP contribution in [0.4, 0.5) is 0 Å². The van der Waals surface area contributed by atoms with Gasteiger partial charge in [0, 0.05) is 0 Å². The highest BCUT2D eigenvalue weighted by atomic mass is 32.2. The van der Waals surface area contributed by atoms with E-state index in [2.05, 4.69) is 20.1 Å². The summed E-state index contributed by atoms with van der Waals surface area (Å²) < 4.78 is 0. The molecule has 0 heterocycles. The molecule has 0 aromatic heterocycles. The molecule has 0 nitrogen and oxygen atoms in total. The first-order chi connectivity index (χ1) is 13.8. The fourth-order valence-electron chi connectivity index (χ4n) is 4.13. The zero-order valence-electron chi connectivity index (χ0n) is 20.4. The molecule has 28 heavy (non-hydrogen) atoms. The van der Waals surface area contributed by atoms with Crippen molar-refractivity contribution in [2.75, 3.05) is 17.8 Å². The van der Waals surface area contributed by atoms with Crippen LogP contribution in [0.25, 0.3) is 0 Å². The molecule has 1 atom stereocenters. The summed E-state index contributed by atoms with van der Waals surface area (Å²) in [6.45, 7) is 4.61. The lowest BCUT2D eigenvalue weighted by atomic mass is 10.0. The van der Waals surface area contributed by atoms with Crippen LogP contribution in [0.3, 0.4) is 0 Å². The van der Waals surface area contributed by atoms with E-state index < -0.39 is 0 Å². The van der Waals surface area contributed by atoms with E-state index in [0.717, 1.165) is 0 Å². The van der Waals surface area contributed by atoms with Crippen LogP contribution in [0.2, 0.25) is 0 Å². The van der Waals surface area contributed by atoms with Crippen molar-refractivity contribution in [1.82, 2.24) is 0 Å². The largest absolute Gasteiger partial charge is 0.107 e. The van der Waals surface area contributed by atoms with Crippen molar-refractivity contribution in [2.24, 2.45) is 0 Å². The molecule has 0 aromatic rings. The van der Waals surface area contributed by atoms with Crippen LogP contribution < -0.4 is 0 Å². The van der Waals surface area contributed by atoms with Crippen molar-refractivity contribution >= 4 is 10.9 Å². The van der Waals surface area contributed by atoms with Crippen molar-refractivity contribution in [3.05, 3.63) is 0 Å². The highest BCUT2D eigenvalue weighted by Gasteiger charge is 2.09. The molecule has 0 spiro atoms. The molecule has 170 valence electrons. The minimum atomic E-state index is 0.705. The number of unbranched alkanes of at least 4 members (excludes halogenated alkanes) is 20. The molecule has 0 rings (SSSR count). The van der Waals surface area contributed by atoms with Gasteiger partial charge in [0.05, 0.1) is 6.26 Å². The summed E-state index contributed by atoms with van der Waals surface area (Å²) in [7, 11) is 0.705. The average molecular weight is 414 g/mol. The van der Waals surface area contributed by atoms with E-state index in [1.165, 1.54) is 153 Å². The van der Waals surface area contributed by atoms with Gasteiger partial charge in [-0.1, -0.05) is 129 Å². The van der Waals surface area contributed by atoms with Crippen LogP contribution >= 0.6 is 0 Å². The average Bonchev–Trinajstić information content (AvgIpc) is 2.70. The zero-order chi connectivity index (χ0) is 20.5. The highest BCUT2D eigenvalue weighted by Crippen LogP contribution is 2.14. The Balaban J connectivity index is 3.09. The van der Waals surface area contributed by atoms with Crippen LogP contribution in [0, 0.1) is 0 Å². The van der Waals surface area contributed by atoms with Gasteiger partial charge in [0.25, 0.3) is 0 Å². The fourth-order valence-corrected chi connectivity index (χ4v) is 5.73. The van der Waals surface area contributed by atoms with Crippen molar-refractivity contribution in [2.45, 2.75) is 155 Å². The maximum atomic E-state index is 2.51. The Morgan fingerprint density at radius 3 is 0.786 bits per heavy atom. The van der Waals surface area contributed by atoms with E-state index in [1.54, 1.807) is 0 Å². The van der Waals surface area contributed by atoms with Crippen LogP contribution in [-0.4, -0.2) is 17.8 Å². The maximum absolute atomic E-state index is 2.51. The van der Waals surface area contributed by atoms with Gasteiger partial charge in [0.1, 0.15) is 11.5 Å². The highest BCUT2D eigenvalue weighted by molar-refractivity contribution is 7.96. The molecule has 0 saturated heterocycles. The number of rotatable bonds is 24. The van der Waals surface area contributed by atoms with Crippen LogP contribution in [-0.2, 0) is 10.9 Å². The lowest BCUT2D eigenvalue weighted by molar-refractivity contribution is 0.531. The van der Waals surface area contributed by atoms with E-state index in [1.807, 2.05) is 0 Å². The predicted molar refractivity (Wildman–Crippen MR) is 136 cm³/mol.